The molecule has 1 heterocycles. The Morgan fingerprint density at radius 2 is 1.63 bits per heavy atom. The number of carbonyl (C=O) groups is 1. The van der Waals surface area contributed by atoms with E-state index in [0.29, 0.717) is 41.7 Å². The molecular weight excluding hydrogens is 450 g/mol. The molecule has 0 radical (unpaired) electrons. The van der Waals surface area contributed by atoms with Crippen LogP contribution in [0.25, 0.3) is 0 Å². The van der Waals surface area contributed by atoms with Gasteiger partial charge in [-0.25, -0.2) is 0 Å². The number of aromatic hydroxyl groups is 1. The number of aliphatic hydroxyl groups excluding tert-OH is 3. The Morgan fingerprint density at radius 1 is 0.971 bits per heavy atom. The summed E-state index contributed by atoms with van der Waals surface area (Å²) in [5.74, 6) is -1.06. The van der Waals surface area contributed by atoms with Gasteiger partial charge < -0.3 is 35.2 Å². The molecule has 1 amide bonds. The molecule has 0 spiro atoms. The van der Waals surface area contributed by atoms with Crippen molar-refractivity contribution in [1.82, 2.24) is 0 Å². The Bertz CT molecular complexity index is 913. The van der Waals surface area contributed by atoms with Crippen molar-refractivity contribution in [2.75, 3.05) is 19.5 Å². The van der Waals surface area contributed by atoms with Crippen molar-refractivity contribution in [3.63, 3.8) is 0 Å². The first-order chi connectivity index (χ1) is 16.5. The van der Waals surface area contributed by atoms with Crippen LogP contribution in [0.4, 0.5) is 5.69 Å². The summed E-state index contributed by atoms with van der Waals surface area (Å²) >= 11 is 0. The van der Waals surface area contributed by atoms with Gasteiger partial charge >= 0.3 is 0 Å². The van der Waals surface area contributed by atoms with Gasteiger partial charge in [0.15, 0.2) is 0 Å². The molecule has 35 heavy (non-hydrogen) atoms. The SMILES string of the molecule is CO[C@H]1C[C@H](C)C(O)c2cc(O)cc(c2)NC(=O)/C(C)=C/CC[C@H](OC)[C@@H](O)/C(C)=C/[C@H](C)[C@H]1O. The van der Waals surface area contributed by atoms with Gasteiger partial charge in [-0.3, -0.25) is 4.79 Å². The van der Waals surface area contributed by atoms with Crippen LogP contribution in [0.3, 0.4) is 0 Å². The van der Waals surface area contributed by atoms with E-state index in [0.717, 1.165) is 0 Å². The summed E-state index contributed by atoms with van der Waals surface area (Å²) in [7, 11) is 3.05. The zero-order chi connectivity index (χ0) is 26.3. The molecule has 1 aliphatic heterocycles. The van der Waals surface area contributed by atoms with Crippen LogP contribution in [-0.4, -0.2) is 65.0 Å². The first kappa shape index (κ1) is 29.0. The number of methoxy groups -OCH3 is 2. The summed E-state index contributed by atoms with van der Waals surface area (Å²) < 4.78 is 11.1. The summed E-state index contributed by atoms with van der Waals surface area (Å²) in [5, 5.41) is 45.8. The zero-order valence-corrected chi connectivity index (χ0v) is 21.6. The summed E-state index contributed by atoms with van der Waals surface area (Å²) in [6.07, 6.45) is 1.19. The molecule has 1 aliphatic rings. The molecule has 0 aliphatic carbocycles. The van der Waals surface area contributed by atoms with Crippen LogP contribution < -0.4 is 5.32 Å². The number of amides is 1. The second-order valence-corrected chi connectivity index (χ2v) is 9.64. The van der Waals surface area contributed by atoms with Crippen LogP contribution in [-0.2, 0) is 14.3 Å². The number of nitrogens with one attached hydrogen (secondary N) is 1. The number of aliphatic hydroxyl groups is 3. The van der Waals surface area contributed by atoms with Gasteiger partial charge in [0.2, 0.25) is 0 Å². The van der Waals surface area contributed by atoms with E-state index in [4.69, 9.17) is 9.47 Å². The van der Waals surface area contributed by atoms with Gasteiger partial charge in [0.25, 0.3) is 5.91 Å². The predicted octanol–water partition coefficient (Wildman–Crippen LogP) is 3.46. The molecule has 1 aromatic rings. The number of hydrogen-bond acceptors (Lipinski definition) is 7. The average Bonchev–Trinajstić information content (AvgIpc) is 2.82. The molecule has 1 aromatic carbocycles. The Kier molecular flexibility index (Phi) is 10.9. The molecule has 196 valence electrons. The van der Waals surface area contributed by atoms with Crippen molar-refractivity contribution < 1.29 is 34.7 Å². The maximum Gasteiger partial charge on any atom is 0.250 e. The number of phenolic OH excluding ortho intramolecular Hbond substituents is 1. The molecule has 0 aromatic heterocycles. The van der Waals surface area contributed by atoms with E-state index in [-0.39, 0.29) is 23.5 Å². The van der Waals surface area contributed by atoms with Crippen molar-refractivity contribution in [3.05, 3.63) is 47.1 Å². The van der Waals surface area contributed by atoms with Crippen LogP contribution in [0, 0.1) is 11.8 Å². The lowest BCUT2D eigenvalue weighted by atomic mass is 9.86. The maximum atomic E-state index is 12.7. The quantitative estimate of drug-likeness (QED) is 0.401. The van der Waals surface area contributed by atoms with Gasteiger partial charge in [-0.05, 0) is 62.3 Å². The van der Waals surface area contributed by atoms with Crippen LogP contribution in [0.1, 0.15) is 58.6 Å². The molecule has 1 unspecified atom stereocenters. The minimum Gasteiger partial charge on any atom is -0.508 e. The Hall–Kier alpha value is -2.23. The van der Waals surface area contributed by atoms with Gasteiger partial charge in [0.05, 0.1) is 24.4 Å². The van der Waals surface area contributed by atoms with E-state index >= 15 is 0 Å². The summed E-state index contributed by atoms with van der Waals surface area (Å²) in [5.41, 5.74) is 1.97. The maximum absolute atomic E-state index is 12.7. The molecule has 7 atom stereocenters. The van der Waals surface area contributed by atoms with E-state index < -0.39 is 30.5 Å². The fourth-order valence-corrected chi connectivity index (χ4v) is 4.51. The molecule has 0 saturated carbocycles. The summed E-state index contributed by atoms with van der Waals surface area (Å²) in [4.78, 5) is 12.7. The fraction of sp³-hybridized carbons (Fsp3) is 0.593. The van der Waals surface area contributed by atoms with Gasteiger partial charge in [-0.1, -0.05) is 26.0 Å². The molecule has 8 heteroatoms. The highest BCUT2D eigenvalue weighted by molar-refractivity contribution is 6.03. The normalized spacial score (nSPS) is 34.9. The number of ether oxygens (including phenoxy) is 2. The zero-order valence-electron chi connectivity index (χ0n) is 21.6. The third-order valence-electron chi connectivity index (χ3n) is 6.81. The highest BCUT2D eigenvalue weighted by Gasteiger charge is 2.30. The third-order valence-corrected chi connectivity index (χ3v) is 6.81. The number of hydrogen-bond donors (Lipinski definition) is 5. The molecule has 0 fully saturated rings. The molecule has 2 rings (SSSR count). The van der Waals surface area contributed by atoms with E-state index in [1.807, 2.05) is 19.9 Å². The third kappa shape index (κ3) is 7.88. The fourth-order valence-electron chi connectivity index (χ4n) is 4.51. The minimum absolute atomic E-state index is 0.0777. The van der Waals surface area contributed by atoms with Crippen molar-refractivity contribution in [2.45, 2.75) is 77.5 Å². The van der Waals surface area contributed by atoms with Crippen molar-refractivity contribution in [3.8, 4) is 5.75 Å². The number of fused-ring (bicyclic) bond motifs is 2. The van der Waals surface area contributed by atoms with Crippen LogP contribution in [0.5, 0.6) is 5.75 Å². The lowest BCUT2D eigenvalue weighted by molar-refractivity contribution is -0.112. The number of rotatable bonds is 2. The van der Waals surface area contributed by atoms with E-state index in [9.17, 15) is 25.2 Å². The minimum atomic E-state index is -0.960. The topological polar surface area (TPSA) is 128 Å². The predicted molar refractivity (Wildman–Crippen MR) is 135 cm³/mol. The number of phenols is 1. The van der Waals surface area contributed by atoms with Crippen LogP contribution in [0.2, 0.25) is 0 Å². The van der Waals surface area contributed by atoms with Crippen molar-refractivity contribution in [2.24, 2.45) is 11.8 Å². The van der Waals surface area contributed by atoms with Gasteiger partial charge in [-0.15, -0.1) is 0 Å². The molecule has 5 N–H and O–H groups in total. The second kappa shape index (κ2) is 13.2. The highest BCUT2D eigenvalue weighted by atomic mass is 16.5. The highest BCUT2D eigenvalue weighted by Crippen LogP contribution is 2.32. The summed E-state index contributed by atoms with van der Waals surface area (Å²) in [6.45, 7) is 7.17. The first-order valence-electron chi connectivity index (χ1n) is 12.1. The van der Waals surface area contributed by atoms with E-state index in [1.54, 1.807) is 26.0 Å². The van der Waals surface area contributed by atoms with Gasteiger partial charge in [0, 0.05) is 37.5 Å². The number of benzene rings is 1. The number of carbonyl (C=O) groups excluding carboxylic acids is 1. The number of allylic oxidation sites excluding steroid dienone is 1. The number of anilines is 1. The molecular formula is C27H41NO7. The lowest BCUT2D eigenvalue weighted by Gasteiger charge is -2.30. The van der Waals surface area contributed by atoms with Crippen molar-refractivity contribution in [1.29, 1.82) is 0 Å². The van der Waals surface area contributed by atoms with Crippen LogP contribution >= 0.6 is 0 Å². The molecule has 2 bridgehead atoms. The molecule has 0 saturated heterocycles. The first-order valence-corrected chi connectivity index (χ1v) is 12.1. The van der Waals surface area contributed by atoms with Crippen LogP contribution in [0.15, 0.2) is 41.5 Å². The van der Waals surface area contributed by atoms with Gasteiger partial charge in [0.1, 0.15) is 11.9 Å². The smallest absolute Gasteiger partial charge is 0.250 e. The average molecular weight is 492 g/mol. The standard InChI is InChI=1S/C27H41NO7/c1-15-8-7-9-22(34-5)25(31)16(2)10-17(3)26(32)23(35-6)11-18(4)24(30)19-12-20(28-27(15)33)14-21(29)13-19/h8,10,12-14,17-18,22-26,29-32H,7,9,11H2,1-6H3,(H,28,33)/b15-8+,16-10+/t17-,18-,22-,23-,24?,25-,26+/m0/s1. The Labute approximate surface area is 208 Å². The monoisotopic (exact) mass is 491 g/mol. The Morgan fingerprint density at radius 3 is 2.26 bits per heavy atom. The van der Waals surface area contributed by atoms with Crippen molar-refractivity contribution >= 4 is 11.6 Å². The lowest BCUT2D eigenvalue weighted by Crippen LogP contribution is -2.36. The van der Waals surface area contributed by atoms with E-state index in [1.165, 1.54) is 26.4 Å². The molecule has 8 nitrogen and oxygen atoms in total. The van der Waals surface area contributed by atoms with E-state index in [2.05, 4.69) is 5.32 Å². The van der Waals surface area contributed by atoms with Gasteiger partial charge in [-0.2, -0.15) is 0 Å². The Balaban J connectivity index is 2.45. The second-order valence-electron chi connectivity index (χ2n) is 9.64. The largest absolute Gasteiger partial charge is 0.508 e. The summed E-state index contributed by atoms with van der Waals surface area (Å²) in [6, 6.07) is 4.51.